The highest BCUT2D eigenvalue weighted by Gasteiger charge is 2.17. The number of benzene rings is 1. The average molecular weight is 299 g/mol. The van der Waals surface area contributed by atoms with Crippen molar-refractivity contribution in [3.05, 3.63) is 65.2 Å². The van der Waals surface area contributed by atoms with Crippen LogP contribution in [0.1, 0.15) is 16.8 Å². The fourth-order valence-corrected chi connectivity index (χ4v) is 2.92. The lowest BCUT2D eigenvalue weighted by Gasteiger charge is -2.34. The van der Waals surface area contributed by atoms with Crippen molar-refractivity contribution in [2.75, 3.05) is 26.2 Å². The van der Waals surface area contributed by atoms with E-state index in [0.717, 1.165) is 50.5 Å². The Bertz CT molecular complexity index is 621. The SMILES string of the molecule is Cc1ncccc1CN1CCN(Cc2cccc(F)c2)CC1. The Kier molecular flexibility index (Phi) is 4.80. The van der Waals surface area contributed by atoms with Crippen LogP contribution in [0.25, 0.3) is 0 Å². The Morgan fingerprint density at radius 1 is 1.00 bits per heavy atom. The van der Waals surface area contributed by atoms with Crippen molar-refractivity contribution >= 4 is 0 Å². The molecule has 0 amide bonds. The second-order valence-electron chi connectivity index (χ2n) is 5.93. The van der Waals surface area contributed by atoms with Gasteiger partial charge >= 0.3 is 0 Å². The molecule has 2 aromatic rings. The minimum absolute atomic E-state index is 0.150. The van der Waals surface area contributed by atoms with E-state index in [1.165, 1.54) is 11.6 Å². The van der Waals surface area contributed by atoms with Crippen LogP contribution >= 0.6 is 0 Å². The lowest BCUT2D eigenvalue weighted by molar-refractivity contribution is 0.121. The summed E-state index contributed by atoms with van der Waals surface area (Å²) in [5.41, 5.74) is 3.47. The Morgan fingerprint density at radius 2 is 1.73 bits per heavy atom. The Labute approximate surface area is 131 Å². The molecule has 1 aromatic heterocycles. The van der Waals surface area contributed by atoms with Gasteiger partial charge in [0, 0.05) is 51.2 Å². The zero-order valence-corrected chi connectivity index (χ0v) is 13.0. The van der Waals surface area contributed by atoms with Crippen LogP contribution in [-0.2, 0) is 13.1 Å². The van der Waals surface area contributed by atoms with E-state index in [4.69, 9.17) is 0 Å². The molecule has 0 N–H and O–H groups in total. The second kappa shape index (κ2) is 6.99. The van der Waals surface area contributed by atoms with E-state index < -0.39 is 0 Å². The fraction of sp³-hybridized carbons (Fsp3) is 0.389. The van der Waals surface area contributed by atoms with Crippen LogP contribution < -0.4 is 0 Å². The van der Waals surface area contributed by atoms with Gasteiger partial charge in [-0.15, -0.1) is 0 Å². The molecule has 0 bridgehead atoms. The molecule has 116 valence electrons. The van der Waals surface area contributed by atoms with E-state index in [9.17, 15) is 4.39 Å². The number of rotatable bonds is 4. The molecule has 2 heterocycles. The summed E-state index contributed by atoms with van der Waals surface area (Å²) in [5, 5.41) is 0. The average Bonchev–Trinajstić information content (AvgIpc) is 2.52. The fourth-order valence-electron chi connectivity index (χ4n) is 2.92. The summed E-state index contributed by atoms with van der Waals surface area (Å²) in [6.07, 6.45) is 1.84. The van der Waals surface area contributed by atoms with Crippen LogP contribution in [0, 0.1) is 12.7 Å². The van der Waals surface area contributed by atoms with Gasteiger partial charge in [0.2, 0.25) is 0 Å². The quantitative estimate of drug-likeness (QED) is 0.865. The largest absolute Gasteiger partial charge is 0.297 e. The molecule has 22 heavy (non-hydrogen) atoms. The summed E-state index contributed by atoms with van der Waals surface area (Å²) in [4.78, 5) is 9.21. The van der Waals surface area contributed by atoms with Crippen LogP contribution in [0.15, 0.2) is 42.6 Å². The highest BCUT2D eigenvalue weighted by atomic mass is 19.1. The van der Waals surface area contributed by atoms with Crippen molar-refractivity contribution in [3.8, 4) is 0 Å². The van der Waals surface area contributed by atoms with Gasteiger partial charge in [-0.25, -0.2) is 4.39 Å². The molecule has 1 saturated heterocycles. The van der Waals surface area contributed by atoms with Gasteiger partial charge in [-0.2, -0.15) is 0 Å². The van der Waals surface area contributed by atoms with E-state index in [0.29, 0.717) is 0 Å². The van der Waals surface area contributed by atoms with Gasteiger partial charge in [-0.1, -0.05) is 18.2 Å². The molecule has 0 radical (unpaired) electrons. The topological polar surface area (TPSA) is 19.4 Å². The first-order valence-corrected chi connectivity index (χ1v) is 7.80. The first-order chi connectivity index (χ1) is 10.7. The Hall–Kier alpha value is -1.78. The number of halogens is 1. The number of aromatic nitrogens is 1. The first-order valence-electron chi connectivity index (χ1n) is 7.80. The molecule has 3 rings (SSSR count). The monoisotopic (exact) mass is 299 g/mol. The third kappa shape index (κ3) is 3.90. The summed E-state index contributed by atoms with van der Waals surface area (Å²) >= 11 is 0. The van der Waals surface area contributed by atoms with Gasteiger partial charge in [0.05, 0.1) is 0 Å². The maximum absolute atomic E-state index is 13.2. The third-order valence-corrected chi connectivity index (χ3v) is 4.27. The van der Waals surface area contributed by atoms with Crippen LogP contribution in [0.3, 0.4) is 0 Å². The number of hydrogen-bond donors (Lipinski definition) is 0. The minimum atomic E-state index is -0.150. The summed E-state index contributed by atoms with van der Waals surface area (Å²) in [6, 6.07) is 11.1. The van der Waals surface area contributed by atoms with Gasteiger partial charge in [0.15, 0.2) is 0 Å². The molecule has 1 aliphatic rings. The summed E-state index contributed by atoms with van der Waals surface area (Å²) in [5.74, 6) is -0.150. The van der Waals surface area contributed by atoms with Crippen LogP contribution in [0.2, 0.25) is 0 Å². The number of hydrogen-bond acceptors (Lipinski definition) is 3. The summed E-state index contributed by atoms with van der Waals surface area (Å²) < 4.78 is 13.2. The molecule has 0 saturated carbocycles. The minimum Gasteiger partial charge on any atom is -0.297 e. The van der Waals surface area contributed by atoms with Gasteiger partial charge < -0.3 is 0 Å². The predicted octanol–water partition coefficient (Wildman–Crippen LogP) is 2.85. The van der Waals surface area contributed by atoms with E-state index in [2.05, 4.69) is 27.8 Å². The van der Waals surface area contributed by atoms with Crippen molar-refractivity contribution in [1.82, 2.24) is 14.8 Å². The zero-order valence-electron chi connectivity index (χ0n) is 13.0. The third-order valence-electron chi connectivity index (χ3n) is 4.27. The molecular formula is C18H22FN3. The number of pyridine rings is 1. The molecule has 1 aromatic carbocycles. The molecule has 1 aliphatic heterocycles. The maximum atomic E-state index is 13.2. The maximum Gasteiger partial charge on any atom is 0.123 e. The highest BCUT2D eigenvalue weighted by molar-refractivity contribution is 5.18. The van der Waals surface area contributed by atoms with Gasteiger partial charge in [0.25, 0.3) is 0 Å². The molecule has 1 fully saturated rings. The molecule has 3 nitrogen and oxygen atoms in total. The zero-order chi connectivity index (χ0) is 15.4. The molecule has 0 aliphatic carbocycles. The van der Waals surface area contributed by atoms with Crippen LogP contribution in [-0.4, -0.2) is 41.0 Å². The van der Waals surface area contributed by atoms with Crippen LogP contribution in [0.4, 0.5) is 4.39 Å². The lowest BCUT2D eigenvalue weighted by Crippen LogP contribution is -2.45. The smallest absolute Gasteiger partial charge is 0.123 e. The van der Waals surface area contributed by atoms with Crippen molar-refractivity contribution in [1.29, 1.82) is 0 Å². The lowest BCUT2D eigenvalue weighted by atomic mass is 10.1. The number of piperazine rings is 1. The summed E-state index contributed by atoms with van der Waals surface area (Å²) in [7, 11) is 0. The Balaban J connectivity index is 1.51. The molecule has 4 heteroatoms. The standard InChI is InChI=1S/C18H22FN3/c1-15-17(5-3-7-20-15)14-22-10-8-21(9-11-22)13-16-4-2-6-18(19)12-16/h2-7,12H,8-11,13-14H2,1H3. The Morgan fingerprint density at radius 3 is 2.41 bits per heavy atom. The van der Waals surface area contributed by atoms with Gasteiger partial charge in [-0.3, -0.25) is 14.8 Å². The van der Waals surface area contributed by atoms with Gasteiger partial charge in [-0.05, 0) is 36.2 Å². The second-order valence-corrected chi connectivity index (χ2v) is 5.93. The van der Waals surface area contributed by atoms with Crippen molar-refractivity contribution in [3.63, 3.8) is 0 Å². The van der Waals surface area contributed by atoms with Gasteiger partial charge in [0.1, 0.15) is 5.82 Å². The van der Waals surface area contributed by atoms with Crippen molar-refractivity contribution in [2.45, 2.75) is 20.0 Å². The number of nitrogens with zero attached hydrogens (tertiary/aromatic N) is 3. The van der Waals surface area contributed by atoms with E-state index >= 15 is 0 Å². The number of aryl methyl sites for hydroxylation is 1. The molecule has 0 unspecified atom stereocenters. The van der Waals surface area contributed by atoms with E-state index in [1.54, 1.807) is 12.1 Å². The summed E-state index contributed by atoms with van der Waals surface area (Å²) in [6.45, 7) is 8.00. The highest BCUT2D eigenvalue weighted by Crippen LogP contribution is 2.13. The predicted molar refractivity (Wildman–Crippen MR) is 85.9 cm³/mol. The normalized spacial score (nSPS) is 16.8. The molecule has 0 atom stereocenters. The van der Waals surface area contributed by atoms with E-state index in [-0.39, 0.29) is 5.82 Å². The van der Waals surface area contributed by atoms with Crippen LogP contribution in [0.5, 0.6) is 0 Å². The first kappa shape index (κ1) is 15.1. The molecular weight excluding hydrogens is 277 g/mol. The van der Waals surface area contributed by atoms with Crippen molar-refractivity contribution in [2.24, 2.45) is 0 Å². The van der Waals surface area contributed by atoms with E-state index in [1.807, 2.05) is 18.3 Å². The molecule has 0 spiro atoms. The van der Waals surface area contributed by atoms with Crippen molar-refractivity contribution < 1.29 is 4.39 Å².